The number of benzene rings is 2. The van der Waals surface area contributed by atoms with Gasteiger partial charge in [0.15, 0.2) is 0 Å². The van der Waals surface area contributed by atoms with E-state index >= 15 is 0 Å². The highest BCUT2D eigenvalue weighted by molar-refractivity contribution is 5.70. The molecule has 4 rings (SSSR count). The molecule has 2 aromatic heterocycles. The summed E-state index contributed by atoms with van der Waals surface area (Å²) < 4.78 is 7.85. The van der Waals surface area contributed by atoms with Crippen LogP contribution in [0.4, 0.5) is 0 Å². The Hall–Kier alpha value is -4.24. The van der Waals surface area contributed by atoms with Crippen molar-refractivity contribution in [2.24, 2.45) is 0 Å². The fraction of sp³-hybridized carbons (Fsp3) is 0.290. The van der Waals surface area contributed by atoms with Crippen LogP contribution in [0.2, 0.25) is 0 Å². The van der Waals surface area contributed by atoms with Crippen molar-refractivity contribution in [3.63, 3.8) is 0 Å². The second-order valence-electron chi connectivity index (χ2n) is 9.25. The fourth-order valence-electron chi connectivity index (χ4n) is 4.55. The number of aromatic nitrogens is 3. The summed E-state index contributed by atoms with van der Waals surface area (Å²) in [6.45, 7) is 8.66. The van der Waals surface area contributed by atoms with Crippen LogP contribution in [0.3, 0.4) is 0 Å². The van der Waals surface area contributed by atoms with Crippen LogP contribution >= 0.6 is 0 Å². The highest BCUT2D eigenvalue weighted by atomic mass is 16.5. The van der Waals surface area contributed by atoms with Gasteiger partial charge in [0.05, 0.1) is 23.3 Å². The minimum atomic E-state index is -0.223. The number of nitriles is 1. The van der Waals surface area contributed by atoms with E-state index in [-0.39, 0.29) is 11.7 Å². The summed E-state index contributed by atoms with van der Waals surface area (Å²) in [5, 5.41) is 9.47. The molecule has 0 bridgehead atoms. The molecule has 0 radical (unpaired) electrons. The van der Waals surface area contributed by atoms with Gasteiger partial charge in [0.1, 0.15) is 5.82 Å². The molecule has 0 N–H and O–H groups in total. The number of nitrogens with zero attached hydrogens (tertiary/aromatic N) is 4. The maximum Gasteiger partial charge on any atom is 0.281 e. The predicted octanol–water partition coefficient (Wildman–Crippen LogP) is 6.19. The van der Waals surface area contributed by atoms with Gasteiger partial charge in [-0.2, -0.15) is 10.2 Å². The normalized spacial score (nSPS) is 10.9. The van der Waals surface area contributed by atoms with Gasteiger partial charge in [-0.25, -0.2) is 4.98 Å². The maximum absolute atomic E-state index is 13.2. The van der Waals surface area contributed by atoms with Crippen molar-refractivity contribution in [2.75, 3.05) is 0 Å². The number of rotatable bonds is 9. The van der Waals surface area contributed by atoms with Crippen LogP contribution < -0.4 is 10.3 Å². The number of pyridine rings is 1. The standard InChI is InChI=1S/C31H32N4O2/c1-5-9-28-34-31(36)30(25-16-17-29(33-19-25)37-21(3)4)27(6-2)35(28)20-22-12-14-23(15-13-22)26-11-8-7-10-24(26)18-32/h7-8,10-17,19,21H,5-6,9,20H2,1-4H3. The highest BCUT2D eigenvalue weighted by Crippen LogP contribution is 2.26. The molecule has 0 amide bonds. The zero-order chi connectivity index (χ0) is 26.4. The molecule has 188 valence electrons. The van der Waals surface area contributed by atoms with E-state index in [9.17, 15) is 10.1 Å². The average Bonchev–Trinajstić information content (AvgIpc) is 2.90. The van der Waals surface area contributed by atoms with E-state index in [4.69, 9.17) is 4.74 Å². The molecule has 0 spiro atoms. The van der Waals surface area contributed by atoms with Crippen LogP contribution in [-0.2, 0) is 19.4 Å². The lowest BCUT2D eigenvalue weighted by Crippen LogP contribution is -2.24. The van der Waals surface area contributed by atoms with E-state index in [1.54, 1.807) is 12.3 Å². The molecule has 6 nitrogen and oxygen atoms in total. The summed E-state index contributed by atoms with van der Waals surface area (Å²) in [6, 6.07) is 21.8. The Morgan fingerprint density at radius 3 is 2.35 bits per heavy atom. The summed E-state index contributed by atoms with van der Waals surface area (Å²) in [5.74, 6) is 1.32. The Bertz CT molecular complexity index is 1460. The smallest absolute Gasteiger partial charge is 0.281 e. The number of ether oxygens (including phenoxy) is 1. The summed E-state index contributed by atoms with van der Waals surface area (Å²) in [4.78, 5) is 22.1. The molecular weight excluding hydrogens is 460 g/mol. The number of aryl methyl sites for hydroxylation is 1. The van der Waals surface area contributed by atoms with Gasteiger partial charge in [0, 0.05) is 36.5 Å². The van der Waals surface area contributed by atoms with E-state index in [0.717, 1.165) is 46.6 Å². The molecule has 0 fully saturated rings. The molecule has 37 heavy (non-hydrogen) atoms. The molecule has 0 saturated heterocycles. The Labute approximate surface area is 218 Å². The summed E-state index contributed by atoms with van der Waals surface area (Å²) in [7, 11) is 0. The molecule has 0 aliphatic heterocycles. The quantitative estimate of drug-likeness (QED) is 0.278. The monoisotopic (exact) mass is 492 g/mol. The van der Waals surface area contributed by atoms with E-state index in [0.29, 0.717) is 30.0 Å². The first kappa shape index (κ1) is 25.8. The van der Waals surface area contributed by atoms with E-state index < -0.39 is 0 Å². The van der Waals surface area contributed by atoms with Crippen LogP contribution in [-0.4, -0.2) is 20.6 Å². The minimum absolute atomic E-state index is 0.0246. The van der Waals surface area contributed by atoms with Crippen molar-refractivity contribution >= 4 is 0 Å². The Kier molecular flexibility index (Phi) is 8.15. The molecular formula is C31H32N4O2. The zero-order valence-corrected chi connectivity index (χ0v) is 21.9. The van der Waals surface area contributed by atoms with Crippen molar-refractivity contribution < 1.29 is 4.74 Å². The van der Waals surface area contributed by atoms with Crippen molar-refractivity contribution in [1.29, 1.82) is 5.26 Å². The zero-order valence-electron chi connectivity index (χ0n) is 21.9. The lowest BCUT2D eigenvalue weighted by atomic mass is 9.99. The molecule has 0 aliphatic rings. The van der Waals surface area contributed by atoms with Crippen molar-refractivity contribution in [3.05, 3.63) is 99.9 Å². The molecule has 4 aromatic rings. The summed E-state index contributed by atoms with van der Waals surface area (Å²) in [5.41, 5.74) is 5.72. The van der Waals surface area contributed by atoms with Gasteiger partial charge in [0.25, 0.3) is 5.56 Å². The summed E-state index contributed by atoms with van der Waals surface area (Å²) >= 11 is 0. The van der Waals surface area contributed by atoms with Gasteiger partial charge in [-0.15, -0.1) is 0 Å². The van der Waals surface area contributed by atoms with E-state index in [2.05, 4.69) is 46.6 Å². The van der Waals surface area contributed by atoms with Gasteiger partial charge in [-0.1, -0.05) is 56.3 Å². The molecule has 0 atom stereocenters. The van der Waals surface area contributed by atoms with Gasteiger partial charge < -0.3 is 9.30 Å². The molecule has 6 heteroatoms. The minimum Gasteiger partial charge on any atom is -0.475 e. The average molecular weight is 493 g/mol. The third-order valence-electron chi connectivity index (χ3n) is 6.21. The largest absolute Gasteiger partial charge is 0.475 e. The van der Waals surface area contributed by atoms with Crippen LogP contribution in [0.1, 0.15) is 56.8 Å². The molecule has 0 saturated carbocycles. The van der Waals surface area contributed by atoms with E-state index in [1.165, 1.54) is 0 Å². The second-order valence-corrected chi connectivity index (χ2v) is 9.25. The van der Waals surface area contributed by atoms with Gasteiger partial charge in [-0.05, 0) is 55.5 Å². The topological polar surface area (TPSA) is 80.8 Å². The van der Waals surface area contributed by atoms with Crippen LogP contribution in [0, 0.1) is 11.3 Å². The van der Waals surface area contributed by atoms with Crippen molar-refractivity contribution in [3.8, 4) is 34.2 Å². The molecule has 2 aromatic carbocycles. The van der Waals surface area contributed by atoms with Crippen molar-refractivity contribution in [1.82, 2.24) is 14.5 Å². The first-order valence-electron chi connectivity index (χ1n) is 12.8. The lowest BCUT2D eigenvalue weighted by molar-refractivity contribution is 0.232. The Morgan fingerprint density at radius 2 is 1.73 bits per heavy atom. The highest BCUT2D eigenvalue weighted by Gasteiger charge is 2.18. The van der Waals surface area contributed by atoms with Crippen LogP contribution in [0.25, 0.3) is 22.3 Å². The first-order valence-corrected chi connectivity index (χ1v) is 12.8. The first-order chi connectivity index (χ1) is 17.9. The van der Waals surface area contributed by atoms with E-state index in [1.807, 2.05) is 56.3 Å². The van der Waals surface area contributed by atoms with Crippen LogP contribution in [0.5, 0.6) is 5.88 Å². The second kappa shape index (κ2) is 11.7. The third kappa shape index (κ3) is 5.78. The number of hydrogen-bond donors (Lipinski definition) is 0. The van der Waals surface area contributed by atoms with Crippen LogP contribution in [0.15, 0.2) is 71.7 Å². The maximum atomic E-state index is 13.2. The van der Waals surface area contributed by atoms with Gasteiger partial charge in [-0.3, -0.25) is 4.79 Å². The molecule has 0 unspecified atom stereocenters. The molecule has 2 heterocycles. The SMILES string of the molecule is CCCc1nc(=O)c(-c2ccc(OC(C)C)nc2)c(CC)n1Cc1ccc(-c2ccccc2C#N)cc1. The fourth-order valence-corrected chi connectivity index (χ4v) is 4.55. The Balaban J connectivity index is 1.74. The number of hydrogen-bond acceptors (Lipinski definition) is 5. The Morgan fingerprint density at radius 1 is 1.00 bits per heavy atom. The van der Waals surface area contributed by atoms with Gasteiger partial charge >= 0.3 is 0 Å². The van der Waals surface area contributed by atoms with Crippen molar-refractivity contribution in [2.45, 2.75) is 59.6 Å². The van der Waals surface area contributed by atoms with Gasteiger partial charge in [0.2, 0.25) is 5.88 Å². The molecule has 0 aliphatic carbocycles. The summed E-state index contributed by atoms with van der Waals surface area (Å²) in [6.07, 6.45) is 4.01. The third-order valence-corrected chi connectivity index (χ3v) is 6.21. The predicted molar refractivity (Wildman–Crippen MR) is 147 cm³/mol. The lowest BCUT2D eigenvalue weighted by Gasteiger charge is -2.20.